The van der Waals surface area contributed by atoms with E-state index in [2.05, 4.69) is 23.4 Å². The minimum Gasteiger partial charge on any atom is -0.459 e. The maximum Gasteiger partial charge on any atom is 0.333 e. The number of aryl methyl sites for hydroxylation is 2. The maximum absolute atomic E-state index is 13.4. The Hall–Kier alpha value is -3.62. The molecule has 0 aliphatic heterocycles. The Labute approximate surface area is 184 Å². The Kier molecular flexibility index (Phi) is 5.50. The van der Waals surface area contributed by atoms with Crippen molar-refractivity contribution in [2.45, 2.75) is 53.3 Å². The first-order chi connectivity index (χ1) is 15.3. The van der Waals surface area contributed by atoms with Crippen LogP contribution < -0.4 is 11.2 Å². The summed E-state index contributed by atoms with van der Waals surface area (Å²) < 4.78 is 11.4. The zero-order valence-electron chi connectivity index (χ0n) is 19.0. The van der Waals surface area contributed by atoms with Gasteiger partial charge < -0.3 is 9.30 Å². The van der Waals surface area contributed by atoms with Crippen molar-refractivity contribution in [1.82, 2.24) is 23.1 Å². The van der Waals surface area contributed by atoms with Crippen LogP contribution in [0.2, 0.25) is 0 Å². The van der Waals surface area contributed by atoms with E-state index in [0.29, 0.717) is 11.4 Å². The lowest BCUT2D eigenvalue weighted by molar-refractivity contribution is -0.145. The van der Waals surface area contributed by atoms with Gasteiger partial charge in [0, 0.05) is 24.5 Å². The number of ether oxygens (including phenoxy) is 1. The zero-order chi connectivity index (χ0) is 23.2. The normalized spacial score (nSPS) is 12.5. The molecule has 1 unspecified atom stereocenters. The fourth-order valence-corrected chi connectivity index (χ4v) is 4.04. The monoisotopic (exact) mass is 437 g/mol. The summed E-state index contributed by atoms with van der Waals surface area (Å²) in [5.41, 5.74) is 2.11. The van der Waals surface area contributed by atoms with Crippen LogP contribution in [0.1, 0.15) is 43.3 Å². The molecular weight excluding hydrogens is 410 g/mol. The van der Waals surface area contributed by atoms with Gasteiger partial charge in [-0.25, -0.2) is 9.36 Å². The number of fused-ring (bicyclic) bond motifs is 3. The maximum atomic E-state index is 13.4. The highest BCUT2D eigenvalue weighted by molar-refractivity contribution is 5.77. The van der Waals surface area contributed by atoms with Crippen molar-refractivity contribution >= 4 is 22.9 Å². The smallest absolute Gasteiger partial charge is 0.333 e. The summed E-state index contributed by atoms with van der Waals surface area (Å²) in [7, 11) is 1.55. The largest absolute Gasteiger partial charge is 0.459 e. The summed E-state index contributed by atoms with van der Waals surface area (Å²) in [6, 6.07) is 9.40. The van der Waals surface area contributed by atoms with Crippen LogP contribution in [0.5, 0.6) is 0 Å². The lowest BCUT2D eigenvalue weighted by atomic mass is 10.2. The quantitative estimate of drug-likeness (QED) is 0.432. The molecule has 0 saturated carbocycles. The second-order valence-electron chi connectivity index (χ2n) is 8.10. The van der Waals surface area contributed by atoms with Gasteiger partial charge in [0.05, 0.1) is 0 Å². The van der Waals surface area contributed by atoms with Crippen molar-refractivity contribution in [3.05, 3.63) is 68.1 Å². The number of benzene rings is 1. The molecule has 0 N–H and O–H groups in total. The molecule has 1 aromatic carbocycles. The lowest BCUT2D eigenvalue weighted by Crippen LogP contribution is -2.41. The predicted octanol–water partition coefficient (Wildman–Crippen LogP) is 2.48. The lowest BCUT2D eigenvalue weighted by Gasteiger charge is -2.13. The van der Waals surface area contributed by atoms with Crippen molar-refractivity contribution in [3.63, 3.8) is 0 Å². The van der Waals surface area contributed by atoms with Crippen molar-refractivity contribution in [3.8, 4) is 0 Å². The van der Waals surface area contributed by atoms with Crippen LogP contribution in [-0.2, 0) is 29.7 Å². The summed E-state index contributed by atoms with van der Waals surface area (Å²) in [5.74, 6) is -0.0425. The fourth-order valence-electron chi connectivity index (χ4n) is 4.04. The van der Waals surface area contributed by atoms with Crippen LogP contribution in [0.15, 0.2) is 39.9 Å². The third kappa shape index (κ3) is 3.34. The van der Waals surface area contributed by atoms with E-state index in [0.717, 1.165) is 27.9 Å². The summed E-state index contributed by atoms with van der Waals surface area (Å²) in [5, 5.41) is 0. The molecule has 0 bridgehead atoms. The molecule has 0 aliphatic carbocycles. The summed E-state index contributed by atoms with van der Waals surface area (Å²) in [6.07, 6.45) is 0.893. The van der Waals surface area contributed by atoms with E-state index in [-0.39, 0.29) is 18.2 Å². The second kappa shape index (κ2) is 8.14. The van der Waals surface area contributed by atoms with E-state index >= 15 is 0 Å². The number of esters is 1. The molecule has 9 heteroatoms. The number of hydrogen-bond acceptors (Lipinski definition) is 5. The third-order valence-electron chi connectivity index (χ3n) is 6.12. The van der Waals surface area contributed by atoms with Crippen LogP contribution in [0.4, 0.5) is 0 Å². The molecule has 4 rings (SSSR count). The fraction of sp³-hybridized carbons (Fsp3) is 0.391. The molecule has 168 valence electrons. The standard InChI is InChI=1S/C23H27N5O4/c1-6-14(2)27-15(3)16(4)28-19-20(24-22(27)28)25(5)23(31)26(21(19)30)12-18(29)32-13-17-10-8-7-9-11-17/h7-11,14H,6,12-13H2,1-5H3. The number of aromatic nitrogens is 5. The molecule has 1 atom stereocenters. The van der Waals surface area contributed by atoms with Crippen LogP contribution in [-0.4, -0.2) is 29.1 Å². The topological polar surface area (TPSA) is 92.5 Å². The van der Waals surface area contributed by atoms with Gasteiger partial charge in [0.2, 0.25) is 5.78 Å². The number of rotatable bonds is 6. The Balaban J connectivity index is 1.81. The van der Waals surface area contributed by atoms with Gasteiger partial charge in [0.1, 0.15) is 13.2 Å². The SMILES string of the molecule is CCC(C)n1c(C)c(C)n2c3c(=O)n(CC(=O)OCc4ccccc4)c(=O)n(C)c3nc12. The van der Waals surface area contributed by atoms with Crippen LogP contribution in [0, 0.1) is 13.8 Å². The Bertz CT molecular complexity index is 1440. The first-order valence-electron chi connectivity index (χ1n) is 10.6. The highest BCUT2D eigenvalue weighted by atomic mass is 16.5. The number of imidazole rings is 2. The minimum atomic E-state index is -0.654. The highest BCUT2D eigenvalue weighted by Crippen LogP contribution is 2.25. The molecule has 0 saturated heterocycles. The van der Waals surface area contributed by atoms with E-state index in [1.807, 2.05) is 44.2 Å². The van der Waals surface area contributed by atoms with E-state index < -0.39 is 23.8 Å². The summed E-state index contributed by atoms with van der Waals surface area (Å²) in [6.45, 7) is 7.69. The van der Waals surface area contributed by atoms with Crippen molar-refractivity contribution in [2.75, 3.05) is 0 Å². The molecule has 0 fully saturated rings. The van der Waals surface area contributed by atoms with Gasteiger partial charge in [0.15, 0.2) is 11.2 Å². The summed E-state index contributed by atoms with van der Waals surface area (Å²) in [4.78, 5) is 43.3. The van der Waals surface area contributed by atoms with Crippen LogP contribution in [0.3, 0.4) is 0 Å². The average molecular weight is 438 g/mol. The van der Waals surface area contributed by atoms with Gasteiger partial charge in [-0.3, -0.25) is 18.6 Å². The number of carbonyl (C=O) groups is 1. The predicted molar refractivity (Wildman–Crippen MR) is 121 cm³/mol. The molecule has 0 amide bonds. The number of carbonyl (C=O) groups excluding carboxylic acids is 1. The zero-order valence-corrected chi connectivity index (χ0v) is 19.0. The molecule has 0 radical (unpaired) electrons. The van der Waals surface area contributed by atoms with Crippen molar-refractivity contribution in [2.24, 2.45) is 7.05 Å². The second-order valence-corrected chi connectivity index (χ2v) is 8.10. The van der Waals surface area contributed by atoms with Crippen LogP contribution >= 0.6 is 0 Å². The molecule has 4 aromatic rings. The van der Waals surface area contributed by atoms with Crippen molar-refractivity contribution < 1.29 is 9.53 Å². The van der Waals surface area contributed by atoms with Gasteiger partial charge in [-0.05, 0) is 32.8 Å². The number of hydrogen-bond donors (Lipinski definition) is 0. The molecular formula is C23H27N5O4. The molecule has 3 heterocycles. The van der Waals surface area contributed by atoms with Crippen molar-refractivity contribution in [1.29, 1.82) is 0 Å². The third-order valence-corrected chi connectivity index (χ3v) is 6.12. The summed E-state index contributed by atoms with van der Waals surface area (Å²) >= 11 is 0. The van der Waals surface area contributed by atoms with Gasteiger partial charge in [0.25, 0.3) is 5.56 Å². The molecule has 9 nitrogen and oxygen atoms in total. The van der Waals surface area contributed by atoms with Gasteiger partial charge in [-0.1, -0.05) is 37.3 Å². The molecule has 0 spiro atoms. The minimum absolute atomic E-state index is 0.0734. The Morgan fingerprint density at radius 2 is 1.81 bits per heavy atom. The van der Waals surface area contributed by atoms with Crippen LogP contribution in [0.25, 0.3) is 16.9 Å². The Morgan fingerprint density at radius 3 is 2.47 bits per heavy atom. The Morgan fingerprint density at radius 1 is 1.12 bits per heavy atom. The first kappa shape index (κ1) is 21.6. The highest BCUT2D eigenvalue weighted by Gasteiger charge is 2.24. The number of nitrogens with zero attached hydrogens (tertiary/aromatic N) is 5. The molecule has 0 aliphatic rings. The van der Waals surface area contributed by atoms with E-state index in [9.17, 15) is 14.4 Å². The van der Waals surface area contributed by atoms with Gasteiger partial charge in [-0.2, -0.15) is 4.98 Å². The molecule has 32 heavy (non-hydrogen) atoms. The first-order valence-corrected chi connectivity index (χ1v) is 10.6. The van der Waals surface area contributed by atoms with E-state index in [4.69, 9.17) is 4.74 Å². The van der Waals surface area contributed by atoms with E-state index in [1.54, 1.807) is 11.4 Å². The van der Waals surface area contributed by atoms with Gasteiger partial charge in [-0.15, -0.1) is 0 Å². The van der Waals surface area contributed by atoms with E-state index in [1.165, 1.54) is 4.57 Å². The molecule has 3 aromatic heterocycles. The van der Waals surface area contributed by atoms with Gasteiger partial charge >= 0.3 is 11.7 Å². The average Bonchev–Trinajstić information content (AvgIpc) is 3.29.